The van der Waals surface area contributed by atoms with E-state index in [1.807, 2.05) is 42.1 Å². The SMILES string of the molecule is CC(Sc1nnc(COc2ccccc2Cl)n1C)c1nc2scc(-c3ccco3)c2c(=O)[nH]1. The molecule has 5 aromatic rings. The van der Waals surface area contributed by atoms with Gasteiger partial charge in [0.2, 0.25) is 0 Å². The van der Waals surface area contributed by atoms with Crippen molar-refractivity contribution in [2.24, 2.45) is 7.05 Å². The average Bonchev–Trinajstić information content (AvgIpc) is 3.54. The van der Waals surface area contributed by atoms with Crippen LogP contribution in [0, 0.1) is 0 Å². The smallest absolute Gasteiger partial charge is 0.260 e. The summed E-state index contributed by atoms with van der Waals surface area (Å²) in [7, 11) is 1.87. The lowest BCUT2D eigenvalue weighted by Crippen LogP contribution is -2.12. The summed E-state index contributed by atoms with van der Waals surface area (Å²) >= 11 is 9.01. The minimum absolute atomic E-state index is 0.156. The molecule has 0 saturated carbocycles. The van der Waals surface area contributed by atoms with Gasteiger partial charge in [0.15, 0.2) is 11.0 Å². The highest BCUT2D eigenvalue weighted by Gasteiger charge is 2.20. The number of H-pyrrole nitrogens is 1. The van der Waals surface area contributed by atoms with Crippen molar-refractivity contribution in [3.05, 3.63) is 75.1 Å². The molecule has 5 rings (SSSR count). The summed E-state index contributed by atoms with van der Waals surface area (Å²) < 4.78 is 13.1. The zero-order valence-electron chi connectivity index (χ0n) is 17.6. The number of furan rings is 1. The van der Waals surface area contributed by atoms with Crippen molar-refractivity contribution in [3.63, 3.8) is 0 Å². The van der Waals surface area contributed by atoms with Crippen LogP contribution in [-0.4, -0.2) is 24.7 Å². The molecule has 8 nitrogen and oxygen atoms in total. The second-order valence-corrected chi connectivity index (χ2v) is 9.77. The number of para-hydroxylation sites is 1. The Morgan fingerprint density at radius 1 is 1.27 bits per heavy atom. The summed E-state index contributed by atoms with van der Waals surface area (Å²) in [5, 5.41) is 12.0. The van der Waals surface area contributed by atoms with E-state index in [4.69, 9.17) is 20.8 Å². The first-order valence-corrected chi connectivity index (χ1v) is 12.1. The van der Waals surface area contributed by atoms with Crippen molar-refractivity contribution in [3.8, 4) is 17.1 Å². The van der Waals surface area contributed by atoms with Crippen molar-refractivity contribution in [2.75, 3.05) is 0 Å². The van der Waals surface area contributed by atoms with Crippen LogP contribution >= 0.6 is 34.7 Å². The van der Waals surface area contributed by atoms with Gasteiger partial charge in [-0.1, -0.05) is 35.5 Å². The fraction of sp³-hybridized carbons (Fsp3) is 0.182. The molecule has 168 valence electrons. The van der Waals surface area contributed by atoms with Gasteiger partial charge in [-0.3, -0.25) is 4.79 Å². The standard InChI is InChI=1S/C22H18ClN5O3S2/c1-12(19-24-20(29)18-13(11-32-21(18)25-19)15-8-5-9-30-15)33-22-27-26-17(28(22)2)10-31-16-7-4-3-6-14(16)23/h3-9,11-12H,10H2,1-2H3,(H,24,25,29). The van der Waals surface area contributed by atoms with Gasteiger partial charge in [0.05, 0.1) is 21.9 Å². The molecular formula is C22H18ClN5O3S2. The number of fused-ring (bicyclic) bond motifs is 1. The number of aromatic nitrogens is 5. The number of hydrogen-bond acceptors (Lipinski definition) is 8. The van der Waals surface area contributed by atoms with Gasteiger partial charge in [0.25, 0.3) is 5.56 Å². The monoisotopic (exact) mass is 499 g/mol. The lowest BCUT2D eigenvalue weighted by molar-refractivity contribution is 0.290. The minimum Gasteiger partial charge on any atom is -0.484 e. The van der Waals surface area contributed by atoms with Crippen LogP contribution in [0.3, 0.4) is 0 Å². The first kappa shape index (κ1) is 21.7. The van der Waals surface area contributed by atoms with Gasteiger partial charge in [-0.25, -0.2) is 4.98 Å². The number of halogens is 1. The van der Waals surface area contributed by atoms with Crippen molar-refractivity contribution >= 4 is 44.9 Å². The van der Waals surface area contributed by atoms with E-state index in [-0.39, 0.29) is 17.4 Å². The van der Waals surface area contributed by atoms with Crippen LogP contribution in [0.2, 0.25) is 5.02 Å². The zero-order chi connectivity index (χ0) is 22.9. The quantitative estimate of drug-likeness (QED) is 0.297. The number of hydrogen-bond donors (Lipinski definition) is 1. The summed E-state index contributed by atoms with van der Waals surface area (Å²) in [6.07, 6.45) is 1.59. The molecule has 0 aliphatic rings. The molecule has 1 aromatic carbocycles. The van der Waals surface area contributed by atoms with E-state index < -0.39 is 0 Å². The highest BCUT2D eigenvalue weighted by atomic mass is 35.5. The summed E-state index contributed by atoms with van der Waals surface area (Å²) in [5.41, 5.74) is 0.555. The van der Waals surface area contributed by atoms with Gasteiger partial charge < -0.3 is 18.7 Å². The molecule has 1 N–H and O–H groups in total. The van der Waals surface area contributed by atoms with E-state index in [2.05, 4.69) is 20.2 Å². The van der Waals surface area contributed by atoms with Crippen LogP contribution in [0.25, 0.3) is 21.5 Å². The molecule has 0 bridgehead atoms. The molecule has 0 amide bonds. The van der Waals surface area contributed by atoms with E-state index in [0.29, 0.717) is 43.6 Å². The molecule has 1 atom stereocenters. The number of thiophene rings is 1. The second kappa shape index (κ2) is 9.05. The molecule has 4 heterocycles. The van der Waals surface area contributed by atoms with Crippen LogP contribution in [0.5, 0.6) is 5.75 Å². The Bertz CT molecular complexity index is 1480. The molecular weight excluding hydrogens is 482 g/mol. The first-order chi connectivity index (χ1) is 16.0. The van der Waals surface area contributed by atoms with Gasteiger partial charge in [0, 0.05) is 18.0 Å². The number of aromatic amines is 1. The Hall–Kier alpha value is -3.08. The van der Waals surface area contributed by atoms with Crippen molar-refractivity contribution in [2.45, 2.75) is 23.9 Å². The summed E-state index contributed by atoms with van der Waals surface area (Å²) in [6.45, 7) is 2.19. The maximum atomic E-state index is 12.9. The number of nitrogens with one attached hydrogen (secondary N) is 1. The predicted molar refractivity (Wildman–Crippen MR) is 129 cm³/mol. The topological polar surface area (TPSA) is 98.8 Å². The summed E-state index contributed by atoms with van der Waals surface area (Å²) in [4.78, 5) is 21.1. The van der Waals surface area contributed by atoms with Gasteiger partial charge in [-0.15, -0.1) is 21.5 Å². The van der Waals surface area contributed by atoms with Crippen molar-refractivity contribution < 1.29 is 9.15 Å². The van der Waals surface area contributed by atoms with E-state index in [1.165, 1.54) is 23.1 Å². The predicted octanol–water partition coefficient (Wildman–Crippen LogP) is 5.46. The highest BCUT2D eigenvalue weighted by molar-refractivity contribution is 7.99. The average molecular weight is 500 g/mol. The maximum absolute atomic E-state index is 12.9. The van der Waals surface area contributed by atoms with Crippen molar-refractivity contribution in [1.29, 1.82) is 0 Å². The molecule has 33 heavy (non-hydrogen) atoms. The Morgan fingerprint density at radius 3 is 2.91 bits per heavy atom. The maximum Gasteiger partial charge on any atom is 0.260 e. The molecule has 4 aromatic heterocycles. The third-order valence-electron chi connectivity index (χ3n) is 5.03. The molecule has 0 radical (unpaired) electrons. The minimum atomic E-state index is -0.193. The fourth-order valence-corrected chi connectivity index (χ4v) is 5.28. The Balaban J connectivity index is 1.34. The largest absolute Gasteiger partial charge is 0.484 e. The molecule has 0 aliphatic carbocycles. The lowest BCUT2D eigenvalue weighted by Gasteiger charge is -2.11. The number of rotatable bonds is 7. The molecule has 0 fully saturated rings. The first-order valence-electron chi connectivity index (χ1n) is 9.99. The van der Waals surface area contributed by atoms with Gasteiger partial charge in [-0.2, -0.15) is 0 Å². The van der Waals surface area contributed by atoms with Crippen LogP contribution in [0.1, 0.15) is 23.8 Å². The Labute approximate surface area is 201 Å². The third-order valence-corrected chi connectivity index (χ3v) is 7.36. The van der Waals surface area contributed by atoms with E-state index >= 15 is 0 Å². The molecule has 0 spiro atoms. The second-order valence-electron chi connectivity index (χ2n) is 7.19. The molecule has 1 unspecified atom stereocenters. The normalized spacial score (nSPS) is 12.3. The molecule has 11 heteroatoms. The zero-order valence-corrected chi connectivity index (χ0v) is 20.0. The Morgan fingerprint density at radius 2 is 2.12 bits per heavy atom. The molecule has 0 saturated heterocycles. The molecule has 0 aliphatic heterocycles. The summed E-state index contributed by atoms with van der Waals surface area (Å²) in [5.74, 6) is 2.46. The highest BCUT2D eigenvalue weighted by Crippen LogP contribution is 2.35. The van der Waals surface area contributed by atoms with Gasteiger partial charge >= 0.3 is 0 Å². The van der Waals surface area contributed by atoms with E-state index in [9.17, 15) is 4.79 Å². The number of thioether (sulfide) groups is 1. The number of ether oxygens (including phenoxy) is 1. The number of benzene rings is 1. The third kappa shape index (κ3) is 4.29. The van der Waals surface area contributed by atoms with Crippen LogP contribution in [0.15, 0.2) is 62.4 Å². The van der Waals surface area contributed by atoms with Crippen LogP contribution in [0.4, 0.5) is 0 Å². The fourth-order valence-electron chi connectivity index (χ4n) is 3.26. The van der Waals surface area contributed by atoms with Crippen molar-refractivity contribution in [1.82, 2.24) is 24.7 Å². The van der Waals surface area contributed by atoms with Gasteiger partial charge in [0.1, 0.15) is 28.8 Å². The van der Waals surface area contributed by atoms with Crippen LogP contribution in [-0.2, 0) is 13.7 Å². The lowest BCUT2D eigenvalue weighted by atomic mass is 10.2. The summed E-state index contributed by atoms with van der Waals surface area (Å²) in [6, 6.07) is 10.9. The van der Waals surface area contributed by atoms with E-state index in [1.54, 1.807) is 24.5 Å². The van der Waals surface area contributed by atoms with E-state index in [0.717, 1.165) is 5.56 Å². The van der Waals surface area contributed by atoms with Gasteiger partial charge in [-0.05, 0) is 31.2 Å². The number of nitrogens with zero attached hydrogens (tertiary/aromatic N) is 4. The van der Waals surface area contributed by atoms with Crippen LogP contribution < -0.4 is 10.3 Å². The Kier molecular flexibility index (Phi) is 5.96.